The molecule has 1 N–H and O–H groups in total. The van der Waals surface area contributed by atoms with Gasteiger partial charge >= 0.3 is 5.97 Å². The minimum Gasteiger partial charge on any atom is -0.495 e. The van der Waals surface area contributed by atoms with E-state index >= 15 is 0 Å². The van der Waals surface area contributed by atoms with Crippen molar-refractivity contribution in [2.45, 2.75) is 46.1 Å². The fraction of sp³-hybridized carbons (Fsp3) is 0.417. The summed E-state index contributed by atoms with van der Waals surface area (Å²) in [5, 5.41) is 4.53. The molecule has 0 saturated carbocycles. The van der Waals surface area contributed by atoms with Gasteiger partial charge in [0.25, 0.3) is 0 Å². The highest BCUT2D eigenvalue weighted by atomic mass is 32.1. The number of carbonyl (C=O) groups is 1. The fourth-order valence-electron chi connectivity index (χ4n) is 4.74. The molecule has 1 atom stereocenters. The number of aryl methyl sites for hydroxylation is 1. The van der Waals surface area contributed by atoms with Gasteiger partial charge in [0.15, 0.2) is 0 Å². The number of methoxy groups -OCH3 is 1. The van der Waals surface area contributed by atoms with E-state index < -0.39 is 5.41 Å². The number of hydrogen-bond donors (Lipinski definition) is 1. The molecule has 0 amide bonds. The van der Waals surface area contributed by atoms with Crippen molar-refractivity contribution in [2.24, 2.45) is 10.4 Å². The number of nitrogens with one attached hydrogen (secondary N) is 1. The van der Waals surface area contributed by atoms with Crippen LogP contribution in [0, 0.1) is 5.41 Å². The van der Waals surface area contributed by atoms with Crippen molar-refractivity contribution < 1.29 is 14.3 Å². The molecule has 1 aromatic carbocycles. The Morgan fingerprint density at radius 2 is 2.16 bits per heavy atom. The van der Waals surface area contributed by atoms with Gasteiger partial charge in [0, 0.05) is 11.1 Å². The average molecular weight is 451 g/mol. The van der Waals surface area contributed by atoms with Gasteiger partial charge in [-0.15, -0.1) is 11.3 Å². The number of esters is 1. The quantitative estimate of drug-likeness (QED) is 0.542. The predicted octanol–water partition coefficient (Wildman–Crippen LogP) is 4.82. The molecule has 2 aliphatic rings. The molecule has 1 aliphatic heterocycles. The lowest BCUT2D eigenvalue weighted by atomic mass is 9.72. The largest absolute Gasteiger partial charge is 0.495 e. The SMILES string of the molecule is CCOC(=O)[C@]1(CC)CCc2c(sc3ncnc(Nc4cc5c(cc4OC)CN=C5)c23)C1. The zero-order valence-electron chi connectivity index (χ0n) is 18.5. The number of aromatic nitrogens is 2. The predicted molar refractivity (Wildman–Crippen MR) is 126 cm³/mol. The smallest absolute Gasteiger partial charge is 0.312 e. The molecular weight excluding hydrogens is 424 g/mol. The molecule has 166 valence electrons. The van der Waals surface area contributed by atoms with Crippen LogP contribution in [-0.2, 0) is 28.9 Å². The van der Waals surface area contributed by atoms with Gasteiger partial charge in [0.05, 0.1) is 36.8 Å². The molecule has 3 heterocycles. The van der Waals surface area contributed by atoms with Crippen molar-refractivity contribution in [1.29, 1.82) is 0 Å². The van der Waals surface area contributed by atoms with Crippen LogP contribution in [0.3, 0.4) is 0 Å². The lowest BCUT2D eigenvalue weighted by molar-refractivity contribution is -0.156. The topological polar surface area (TPSA) is 85.7 Å². The van der Waals surface area contributed by atoms with Crippen LogP contribution in [0.15, 0.2) is 23.5 Å². The van der Waals surface area contributed by atoms with Gasteiger partial charge in [-0.05, 0) is 61.4 Å². The summed E-state index contributed by atoms with van der Waals surface area (Å²) >= 11 is 1.66. The van der Waals surface area contributed by atoms with Gasteiger partial charge in [0.1, 0.15) is 22.7 Å². The summed E-state index contributed by atoms with van der Waals surface area (Å²) in [7, 11) is 1.67. The second kappa shape index (κ2) is 8.16. The Hall–Kier alpha value is -3.00. The summed E-state index contributed by atoms with van der Waals surface area (Å²) in [6, 6.07) is 4.08. The average Bonchev–Trinajstić information content (AvgIpc) is 3.41. The van der Waals surface area contributed by atoms with Crippen LogP contribution >= 0.6 is 11.3 Å². The minimum atomic E-state index is -0.451. The Bertz CT molecular complexity index is 1240. The number of carbonyl (C=O) groups excluding carboxylic acids is 1. The van der Waals surface area contributed by atoms with Crippen molar-refractivity contribution in [3.63, 3.8) is 0 Å². The Morgan fingerprint density at radius 1 is 1.28 bits per heavy atom. The molecule has 0 radical (unpaired) electrons. The molecular formula is C24H26N4O3S. The van der Waals surface area contributed by atoms with E-state index in [2.05, 4.69) is 33.3 Å². The highest BCUT2D eigenvalue weighted by Gasteiger charge is 2.42. The number of anilines is 2. The molecule has 32 heavy (non-hydrogen) atoms. The van der Waals surface area contributed by atoms with Crippen molar-refractivity contribution in [2.75, 3.05) is 19.0 Å². The Morgan fingerprint density at radius 3 is 2.94 bits per heavy atom. The lowest BCUT2D eigenvalue weighted by Crippen LogP contribution is -2.37. The van der Waals surface area contributed by atoms with E-state index in [0.717, 1.165) is 57.9 Å². The van der Waals surface area contributed by atoms with Gasteiger partial charge in [0.2, 0.25) is 0 Å². The van der Waals surface area contributed by atoms with Gasteiger partial charge in [-0.3, -0.25) is 9.79 Å². The van der Waals surface area contributed by atoms with Crippen LogP contribution in [-0.4, -0.2) is 35.9 Å². The van der Waals surface area contributed by atoms with Gasteiger partial charge in [-0.25, -0.2) is 9.97 Å². The molecule has 8 heteroatoms. The minimum absolute atomic E-state index is 0.0837. The maximum atomic E-state index is 12.8. The zero-order valence-corrected chi connectivity index (χ0v) is 19.3. The van der Waals surface area contributed by atoms with E-state index in [-0.39, 0.29) is 5.97 Å². The van der Waals surface area contributed by atoms with Crippen molar-refractivity contribution in [1.82, 2.24) is 9.97 Å². The molecule has 3 aromatic rings. The van der Waals surface area contributed by atoms with Gasteiger partial charge < -0.3 is 14.8 Å². The third kappa shape index (κ3) is 3.33. The first kappa shape index (κ1) is 20.9. The summed E-state index contributed by atoms with van der Waals surface area (Å²) in [5.74, 6) is 1.44. The first-order valence-corrected chi connectivity index (χ1v) is 11.8. The number of rotatable bonds is 6. The Kier molecular flexibility index (Phi) is 5.33. The number of thiophene rings is 1. The lowest BCUT2D eigenvalue weighted by Gasteiger charge is -2.33. The van der Waals surface area contributed by atoms with Crippen LogP contribution in [0.25, 0.3) is 10.2 Å². The fourth-order valence-corrected chi connectivity index (χ4v) is 6.07. The van der Waals surface area contributed by atoms with Crippen molar-refractivity contribution in [3.05, 3.63) is 40.0 Å². The summed E-state index contributed by atoms with van der Waals surface area (Å²) in [6.07, 6.45) is 6.52. The second-order valence-corrected chi connectivity index (χ2v) is 9.37. The summed E-state index contributed by atoms with van der Waals surface area (Å²) in [4.78, 5) is 28.4. The molecule has 5 rings (SSSR count). The zero-order chi connectivity index (χ0) is 22.3. The molecule has 2 aromatic heterocycles. The van der Waals surface area contributed by atoms with E-state index in [9.17, 15) is 4.79 Å². The van der Waals surface area contributed by atoms with E-state index in [4.69, 9.17) is 9.47 Å². The van der Waals surface area contributed by atoms with E-state index in [1.807, 2.05) is 19.2 Å². The van der Waals surface area contributed by atoms with Gasteiger partial charge in [-0.2, -0.15) is 0 Å². The first-order chi connectivity index (χ1) is 15.6. The van der Waals surface area contributed by atoms with Crippen molar-refractivity contribution in [3.8, 4) is 5.75 Å². The third-order valence-electron chi connectivity index (χ3n) is 6.61. The molecule has 0 saturated heterocycles. The van der Waals surface area contributed by atoms with Crippen molar-refractivity contribution >= 4 is 45.2 Å². The number of benzene rings is 1. The molecule has 0 unspecified atom stereocenters. The maximum Gasteiger partial charge on any atom is 0.312 e. The van der Waals surface area contributed by atoms with E-state index in [1.165, 1.54) is 10.4 Å². The van der Waals surface area contributed by atoms with Crippen LogP contribution in [0.1, 0.15) is 48.3 Å². The van der Waals surface area contributed by atoms with Crippen LogP contribution in [0.2, 0.25) is 0 Å². The van der Waals surface area contributed by atoms with Crippen LogP contribution in [0.4, 0.5) is 11.5 Å². The van der Waals surface area contributed by atoms with Gasteiger partial charge in [-0.1, -0.05) is 6.92 Å². The normalized spacial score (nSPS) is 19.0. The third-order valence-corrected chi connectivity index (χ3v) is 7.75. The van der Waals surface area contributed by atoms with Crippen LogP contribution in [0.5, 0.6) is 5.75 Å². The molecule has 0 bridgehead atoms. The summed E-state index contributed by atoms with van der Waals surface area (Å²) in [5.41, 5.74) is 3.89. The number of ether oxygens (including phenoxy) is 2. The first-order valence-electron chi connectivity index (χ1n) is 11.0. The standard InChI is InChI=1S/C24H26N4O3S/c1-4-24(23(29)31-5-2)7-6-16-19(10-24)32-22-20(16)21(26-13-27-22)28-17-8-14-11-25-12-15(14)9-18(17)30-3/h8-9,11,13H,4-7,10,12H2,1-3H3,(H,26,27,28)/t24-/m1/s1. The summed E-state index contributed by atoms with van der Waals surface area (Å²) < 4.78 is 11.1. The Labute approximate surface area is 190 Å². The molecule has 0 fully saturated rings. The van der Waals surface area contributed by atoms with E-state index in [0.29, 0.717) is 19.6 Å². The molecule has 0 spiro atoms. The molecule has 7 nitrogen and oxygen atoms in total. The highest BCUT2D eigenvalue weighted by Crippen LogP contribution is 2.47. The Balaban J connectivity index is 1.54. The number of aliphatic imine (C=N–C) groups is 1. The number of hydrogen-bond acceptors (Lipinski definition) is 8. The van der Waals surface area contributed by atoms with E-state index in [1.54, 1.807) is 24.8 Å². The number of nitrogens with zero attached hydrogens (tertiary/aromatic N) is 3. The monoisotopic (exact) mass is 450 g/mol. The molecule has 1 aliphatic carbocycles. The maximum absolute atomic E-state index is 12.8. The second-order valence-electron chi connectivity index (χ2n) is 8.28. The van der Waals surface area contributed by atoms with Crippen LogP contribution < -0.4 is 10.1 Å². The number of fused-ring (bicyclic) bond motifs is 4. The summed E-state index contributed by atoms with van der Waals surface area (Å²) in [6.45, 7) is 5.03. The highest BCUT2D eigenvalue weighted by molar-refractivity contribution is 7.19.